The molecule has 86 valence electrons. The summed E-state index contributed by atoms with van der Waals surface area (Å²) in [5.41, 5.74) is 0. The second kappa shape index (κ2) is 5.48. The van der Waals surface area contributed by atoms with E-state index in [1.165, 1.54) is 30.7 Å². The van der Waals surface area contributed by atoms with Gasteiger partial charge in [0.1, 0.15) is 11.6 Å². The van der Waals surface area contributed by atoms with Crippen LogP contribution in [0.4, 0.5) is 4.39 Å². The number of Topliss-reactive ketones (excluding diaryl/α,β-unsaturated/α-hetero) is 1. The first kappa shape index (κ1) is 11.6. The van der Waals surface area contributed by atoms with Gasteiger partial charge >= 0.3 is 0 Å². The van der Waals surface area contributed by atoms with Gasteiger partial charge in [-0.2, -0.15) is 0 Å². The van der Waals surface area contributed by atoms with Crippen molar-refractivity contribution in [1.82, 2.24) is 0 Å². The number of rotatable bonds is 4. The van der Waals surface area contributed by atoms with Crippen molar-refractivity contribution in [3.63, 3.8) is 0 Å². The van der Waals surface area contributed by atoms with Gasteiger partial charge in [-0.1, -0.05) is 25.0 Å². The Bertz CT molecular complexity index is 372. The summed E-state index contributed by atoms with van der Waals surface area (Å²) in [5, 5.41) is 0. The zero-order chi connectivity index (χ0) is 11.4. The number of halogens is 1. The van der Waals surface area contributed by atoms with Crippen LogP contribution in [0.5, 0.6) is 0 Å². The van der Waals surface area contributed by atoms with E-state index in [9.17, 15) is 9.18 Å². The third kappa shape index (κ3) is 2.85. The van der Waals surface area contributed by atoms with Crippen LogP contribution in [0.15, 0.2) is 29.2 Å². The molecule has 16 heavy (non-hydrogen) atoms. The molecule has 0 N–H and O–H groups in total. The lowest BCUT2D eigenvalue weighted by atomic mass is 10.0. The van der Waals surface area contributed by atoms with Crippen molar-refractivity contribution in [2.75, 3.05) is 5.75 Å². The second-order valence-electron chi connectivity index (χ2n) is 4.17. The van der Waals surface area contributed by atoms with Crippen molar-refractivity contribution in [1.29, 1.82) is 0 Å². The van der Waals surface area contributed by atoms with E-state index in [4.69, 9.17) is 0 Å². The average Bonchev–Trinajstić information content (AvgIpc) is 2.81. The van der Waals surface area contributed by atoms with Crippen LogP contribution in [0.2, 0.25) is 0 Å². The Kier molecular flexibility index (Phi) is 3.99. The quantitative estimate of drug-likeness (QED) is 0.744. The first-order valence-electron chi connectivity index (χ1n) is 5.67. The van der Waals surface area contributed by atoms with E-state index in [0.717, 1.165) is 12.8 Å². The molecule has 0 aliphatic heterocycles. The van der Waals surface area contributed by atoms with Crippen molar-refractivity contribution >= 4 is 17.5 Å². The Hall–Kier alpha value is -0.830. The topological polar surface area (TPSA) is 17.1 Å². The maximum Gasteiger partial charge on any atom is 0.146 e. The lowest BCUT2D eigenvalue weighted by Crippen LogP contribution is -2.13. The van der Waals surface area contributed by atoms with Crippen LogP contribution in [-0.2, 0) is 4.79 Å². The summed E-state index contributed by atoms with van der Waals surface area (Å²) in [4.78, 5) is 12.4. The van der Waals surface area contributed by atoms with Crippen molar-refractivity contribution in [2.24, 2.45) is 5.92 Å². The van der Waals surface area contributed by atoms with E-state index in [0.29, 0.717) is 10.6 Å². The fraction of sp³-hybridized carbons (Fsp3) is 0.462. The molecule has 0 aromatic heterocycles. The molecule has 0 radical (unpaired) electrons. The van der Waals surface area contributed by atoms with E-state index >= 15 is 0 Å². The van der Waals surface area contributed by atoms with Gasteiger partial charge in [0.15, 0.2) is 0 Å². The number of ketones is 1. The van der Waals surface area contributed by atoms with Crippen LogP contribution in [0.1, 0.15) is 25.7 Å². The maximum atomic E-state index is 13.3. The van der Waals surface area contributed by atoms with E-state index < -0.39 is 0 Å². The third-order valence-electron chi connectivity index (χ3n) is 3.02. The van der Waals surface area contributed by atoms with E-state index in [-0.39, 0.29) is 17.5 Å². The predicted molar refractivity (Wildman–Crippen MR) is 64.1 cm³/mol. The molecule has 2 rings (SSSR count). The van der Waals surface area contributed by atoms with Crippen molar-refractivity contribution in [2.45, 2.75) is 30.6 Å². The number of hydrogen-bond acceptors (Lipinski definition) is 2. The second-order valence-corrected chi connectivity index (χ2v) is 5.18. The molecule has 1 saturated carbocycles. The Balaban J connectivity index is 1.87. The molecule has 0 saturated heterocycles. The van der Waals surface area contributed by atoms with Gasteiger partial charge in [-0.3, -0.25) is 4.79 Å². The zero-order valence-electron chi connectivity index (χ0n) is 9.12. The van der Waals surface area contributed by atoms with Gasteiger partial charge in [0.2, 0.25) is 0 Å². The highest BCUT2D eigenvalue weighted by Crippen LogP contribution is 2.28. The van der Waals surface area contributed by atoms with Crippen molar-refractivity contribution < 1.29 is 9.18 Å². The minimum Gasteiger partial charge on any atom is -0.298 e. The fourth-order valence-electron chi connectivity index (χ4n) is 2.08. The minimum absolute atomic E-state index is 0.230. The van der Waals surface area contributed by atoms with Gasteiger partial charge in [0, 0.05) is 10.8 Å². The molecule has 0 bridgehead atoms. The summed E-state index contributed by atoms with van der Waals surface area (Å²) in [6.07, 6.45) is 4.38. The number of benzene rings is 1. The van der Waals surface area contributed by atoms with Gasteiger partial charge in [-0.05, 0) is 25.0 Å². The van der Waals surface area contributed by atoms with Gasteiger partial charge in [0.25, 0.3) is 0 Å². The Morgan fingerprint density at radius 2 is 2.00 bits per heavy atom. The Labute approximate surface area is 99.4 Å². The lowest BCUT2D eigenvalue weighted by Gasteiger charge is -2.07. The summed E-state index contributed by atoms with van der Waals surface area (Å²) < 4.78 is 13.3. The minimum atomic E-state index is -0.230. The number of carbonyl (C=O) groups excluding carboxylic acids is 1. The van der Waals surface area contributed by atoms with Crippen LogP contribution in [-0.4, -0.2) is 11.5 Å². The molecule has 0 heterocycles. The molecular formula is C13H15FOS. The summed E-state index contributed by atoms with van der Waals surface area (Å²) >= 11 is 1.32. The highest BCUT2D eigenvalue weighted by molar-refractivity contribution is 8.00. The maximum absolute atomic E-state index is 13.3. The lowest BCUT2D eigenvalue weighted by molar-refractivity contribution is -0.120. The molecule has 0 atom stereocenters. The molecule has 0 spiro atoms. The van der Waals surface area contributed by atoms with Gasteiger partial charge < -0.3 is 0 Å². The smallest absolute Gasteiger partial charge is 0.146 e. The molecule has 1 nitrogen and oxygen atoms in total. The first-order valence-corrected chi connectivity index (χ1v) is 6.66. The SMILES string of the molecule is O=C(CSc1ccccc1F)C1CCCC1. The standard InChI is InChI=1S/C13H15FOS/c14-11-7-3-4-8-13(11)16-9-12(15)10-5-1-2-6-10/h3-4,7-8,10H,1-2,5-6,9H2. The fourth-order valence-corrected chi connectivity index (χ4v) is 2.99. The molecular weight excluding hydrogens is 223 g/mol. The number of carbonyl (C=O) groups is 1. The van der Waals surface area contributed by atoms with Gasteiger partial charge in [-0.25, -0.2) is 4.39 Å². The highest BCUT2D eigenvalue weighted by atomic mass is 32.2. The molecule has 1 aromatic carbocycles. The zero-order valence-corrected chi connectivity index (χ0v) is 9.93. The van der Waals surface area contributed by atoms with Crippen LogP contribution < -0.4 is 0 Å². The summed E-state index contributed by atoms with van der Waals surface area (Å²) in [5.74, 6) is 0.697. The largest absolute Gasteiger partial charge is 0.298 e. The van der Waals surface area contributed by atoms with E-state index in [1.54, 1.807) is 18.2 Å². The van der Waals surface area contributed by atoms with Crippen LogP contribution in [0.3, 0.4) is 0 Å². The third-order valence-corrected chi connectivity index (χ3v) is 4.09. The molecule has 1 aromatic rings. The molecule has 1 fully saturated rings. The summed E-state index contributed by atoms with van der Waals surface area (Å²) in [6.45, 7) is 0. The molecule has 3 heteroatoms. The molecule has 0 amide bonds. The Morgan fingerprint density at radius 1 is 1.31 bits per heavy atom. The van der Waals surface area contributed by atoms with Gasteiger partial charge in [-0.15, -0.1) is 11.8 Å². The first-order chi connectivity index (χ1) is 7.77. The summed E-state index contributed by atoms with van der Waals surface area (Å²) in [7, 11) is 0. The normalized spacial score (nSPS) is 16.6. The van der Waals surface area contributed by atoms with Crippen LogP contribution >= 0.6 is 11.8 Å². The van der Waals surface area contributed by atoms with Crippen molar-refractivity contribution in [3.8, 4) is 0 Å². The summed E-state index contributed by atoms with van der Waals surface area (Å²) in [6, 6.07) is 6.62. The molecule has 1 aliphatic rings. The predicted octanol–water partition coefficient (Wildman–Crippen LogP) is 3.68. The van der Waals surface area contributed by atoms with Crippen LogP contribution in [0, 0.1) is 11.7 Å². The molecule has 1 aliphatic carbocycles. The Morgan fingerprint density at radius 3 is 2.69 bits per heavy atom. The average molecular weight is 238 g/mol. The highest BCUT2D eigenvalue weighted by Gasteiger charge is 2.22. The van der Waals surface area contributed by atoms with Gasteiger partial charge in [0.05, 0.1) is 5.75 Å². The van der Waals surface area contributed by atoms with Crippen LogP contribution in [0.25, 0.3) is 0 Å². The number of hydrogen-bond donors (Lipinski definition) is 0. The van der Waals surface area contributed by atoms with Crippen molar-refractivity contribution in [3.05, 3.63) is 30.1 Å². The number of thioether (sulfide) groups is 1. The van der Waals surface area contributed by atoms with E-state index in [1.807, 2.05) is 0 Å². The monoisotopic (exact) mass is 238 g/mol. The molecule has 0 unspecified atom stereocenters. The van der Waals surface area contributed by atoms with E-state index in [2.05, 4.69) is 0 Å².